The number of nitrogens with zero attached hydrogens (tertiary/aromatic N) is 1. The Balaban J connectivity index is 1.37. The van der Waals surface area contributed by atoms with E-state index in [0.717, 1.165) is 0 Å². The normalized spacial score (nSPS) is 52.1. The minimum Gasteiger partial charge on any atom is -0.450 e. The van der Waals surface area contributed by atoms with Gasteiger partial charge in [0.15, 0.2) is 24.8 Å². The molecule has 0 aromatic carbocycles. The zero-order valence-corrected chi connectivity index (χ0v) is 25.0. The summed E-state index contributed by atoms with van der Waals surface area (Å²) in [5.41, 5.74) is 0. The Hall–Kier alpha value is -1.29. The maximum atomic E-state index is 11.3. The highest BCUT2D eigenvalue weighted by Crippen LogP contribution is 2.35. The molecule has 0 aliphatic carbocycles. The summed E-state index contributed by atoms with van der Waals surface area (Å²) in [6.45, 7) is -1.41. The van der Waals surface area contributed by atoms with Crippen LogP contribution >= 0.6 is 0 Å². The van der Waals surface area contributed by atoms with Gasteiger partial charge in [0.1, 0.15) is 97.6 Å². The fraction of sp³-hybridized carbons (Fsp3) is 0.962. The number of hydrogen-bond donors (Lipinski definition) is 12. The highest BCUT2D eigenvalue weighted by molar-refractivity contribution is 5.75. The zero-order valence-electron chi connectivity index (χ0n) is 25.0. The molecule has 0 aromatic rings. The van der Waals surface area contributed by atoms with Gasteiger partial charge in [-0.25, -0.2) is 4.99 Å². The van der Waals surface area contributed by atoms with Crippen LogP contribution in [0.3, 0.4) is 0 Å². The monoisotopic (exact) mass is 689 g/mol. The van der Waals surface area contributed by atoms with Crippen LogP contribution in [0.4, 0.5) is 0 Å². The number of hydrogen-bond acceptors (Lipinski definition) is 21. The zero-order chi connectivity index (χ0) is 34.3. The van der Waals surface area contributed by atoms with E-state index in [4.69, 9.17) is 37.9 Å². The Morgan fingerprint density at radius 1 is 0.532 bits per heavy atom. The molecule has 12 N–H and O–H groups in total. The number of ether oxygens (including phenoxy) is 8. The molecule has 4 saturated heterocycles. The molecule has 5 rings (SSSR count). The van der Waals surface area contributed by atoms with Gasteiger partial charge in [0.25, 0.3) is 0 Å². The minimum absolute atomic E-state index is 0.201. The maximum absolute atomic E-state index is 11.3. The molecular formula is C26H43NO20. The third-order valence-electron chi connectivity index (χ3n) is 8.78. The Bertz CT molecular complexity index is 1050. The molecule has 20 atom stereocenters. The van der Waals surface area contributed by atoms with E-state index >= 15 is 0 Å². The second kappa shape index (κ2) is 15.3. The summed E-state index contributed by atoms with van der Waals surface area (Å²) in [7, 11) is 0. The van der Waals surface area contributed by atoms with Crippen molar-refractivity contribution in [3.63, 3.8) is 0 Å². The van der Waals surface area contributed by atoms with Gasteiger partial charge >= 0.3 is 0 Å². The van der Waals surface area contributed by atoms with Crippen LogP contribution in [-0.2, 0) is 37.9 Å². The molecule has 5 aliphatic rings. The van der Waals surface area contributed by atoms with Gasteiger partial charge < -0.3 is 99.2 Å². The summed E-state index contributed by atoms with van der Waals surface area (Å²) in [4.78, 5) is 4.16. The Morgan fingerprint density at radius 3 is 1.64 bits per heavy atom. The molecule has 21 heteroatoms. The van der Waals surface area contributed by atoms with E-state index in [1.807, 2.05) is 0 Å². The van der Waals surface area contributed by atoms with E-state index in [1.165, 1.54) is 6.92 Å². The standard InChI is InChI=1S/C26H43NO20/c1-6-27-11-15(34)21(9(4-30)44-23(11)41-6)46-26-20(39)22(47-25-19(38)17(36)13(32)8(3-29)43-25)14(33)10(45-26)5-40-24-18(37)16(35)12(31)7(2-28)42-24/h7-26,28-39H,2-5H2,1H3. The molecule has 4 fully saturated rings. The lowest BCUT2D eigenvalue weighted by Crippen LogP contribution is -2.66. The van der Waals surface area contributed by atoms with E-state index in [9.17, 15) is 61.3 Å². The van der Waals surface area contributed by atoms with Gasteiger partial charge in [-0.1, -0.05) is 0 Å². The minimum atomic E-state index is -1.96. The van der Waals surface area contributed by atoms with Crippen molar-refractivity contribution < 1.29 is 99.2 Å². The predicted octanol–water partition coefficient (Wildman–Crippen LogP) is -8.28. The second-order valence-corrected chi connectivity index (χ2v) is 11.9. The number of aliphatic imine (C=N–C) groups is 1. The fourth-order valence-electron chi connectivity index (χ4n) is 6.06. The first-order chi connectivity index (χ1) is 22.3. The van der Waals surface area contributed by atoms with Gasteiger partial charge in [-0.05, 0) is 0 Å². The average molecular weight is 690 g/mol. The molecule has 0 aromatic heterocycles. The smallest absolute Gasteiger partial charge is 0.227 e. The highest BCUT2D eigenvalue weighted by atomic mass is 16.8. The lowest BCUT2D eigenvalue weighted by molar-refractivity contribution is -0.378. The fourth-order valence-corrected chi connectivity index (χ4v) is 6.06. The molecule has 0 spiro atoms. The van der Waals surface area contributed by atoms with Crippen molar-refractivity contribution in [2.45, 2.75) is 130 Å². The topological polar surface area (TPSA) is 329 Å². The van der Waals surface area contributed by atoms with E-state index in [1.54, 1.807) is 0 Å². The van der Waals surface area contributed by atoms with Crippen LogP contribution in [0.25, 0.3) is 0 Å². The predicted molar refractivity (Wildman–Crippen MR) is 144 cm³/mol. The summed E-state index contributed by atoms with van der Waals surface area (Å²) >= 11 is 0. The quantitative estimate of drug-likeness (QED) is 0.101. The summed E-state index contributed by atoms with van der Waals surface area (Å²) in [5, 5.41) is 124. The first kappa shape index (κ1) is 37.0. The van der Waals surface area contributed by atoms with Crippen molar-refractivity contribution in [1.29, 1.82) is 0 Å². The maximum Gasteiger partial charge on any atom is 0.227 e. The second-order valence-electron chi connectivity index (χ2n) is 11.9. The molecule has 272 valence electrons. The van der Waals surface area contributed by atoms with Crippen LogP contribution in [0, 0.1) is 0 Å². The van der Waals surface area contributed by atoms with Crippen LogP contribution in [0.2, 0.25) is 0 Å². The van der Waals surface area contributed by atoms with Crippen molar-refractivity contribution in [2.75, 3.05) is 26.4 Å². The van der Waals surface area contributed by atoms with E-state index < -0.39 is 149 Å². The van der Waals surface area contributed by atoms with Gasteiger partial charge in [-0.2, -0.15) is 0 Å². The number of aliphatic hydroxyl groups excluding tert-OH is 12. The first-order valence-corrected chi connectivity index (χ1v) is 15.0. The van der Waals surface area contributed by atoms with E-state index in [-0.39, 0.29) is 5.90 Å². The molecule has 5 aliphatic heterocycles. The van der Waals surface area contributed by atoms with Crippen LogP contribution in [0.1, 0.15) is 6.92 Å². The van der Waals surface area contributed by atoms with Gasteiger partial charge in [0.2, 0.25) is 6.29 Å². The number of rotatable bonds is 10. The Labute approximate surface area is 266 Å². The van der Waals surface area contributed by atoms with Crippen LogP contribution in [-0.4, -0.2) is 216 Å². The van der Waals surface area contributed by atoms with Gasteiger partial charge in [0.05, 0.1) is 26.4 Å². The van der Waals surface area contributed by atoms with Crippen LogP contribution < -0.4 is 0 Å². The molecule has 5 heterocycles. The summed E-state index contributed by atoms with van der Waals surface area (Å²) in [6.07, 6.45) is -31.3. The third-order valence-corrected chi connectivity index (χ3v) is 8.78. The summed E-state index contributed by atoms with van der Waals surface area (Å²) in [6, 6.07) is -0.986. The lowest BCUT2D eigenvalue weighted by Gasteiger charge is -2.48. The first-order valence-electron chi connectivity index (χ1n) is 15.0. The molecule has 21 nitrogen and oxygen atoms in total. The largest absolute Gasteiger partial charge is 0.450 e. The average Bonchev–Trinajstić information content (AvgIpc) is 3.44. The van der Waals surface area contributed by atoms with Crippen molar-refractivity contribution in [3.05, 3.63) is 0 Å². The van der Waals surface area contributed by atoms with Crippen molar-refractivity contribution >= 4 is 5.90 Å². The van der Waals surface area contributed by atoms with Crippen molar-refractivity contribution in [2.24, 2.45) is 4.99 Å². The van der Waals surface area contributed by atoms with Crippen LogP contribution in [0.5, 0.6) is 0 Å². The molecular weight excluding hydrogens is 646 g/mol. The molecule has 20 unspecified atom stereocenters. The molecule has 0 bridgehead atoms. The van der Waals surface area contributed by atoms with Crippen LogP contribution in [0.15, 0.2) is 4.99 Å². The summed E-state index contributed by atoms with van der Waals surface area (Å²) < 4.78 is 44.6. The van der Waals surface area contributed by atoms with Crippen molar-refractivity contribution in [3.8, 4) is 0 Å². The van der Waals surface area contributed by atoms with Crippen molar-refractivity contribution in [1.82, 2.24) is 0 Å². The SMILES string of the molecule is CC1=NC2C(O1)OC(CO)C(OC1OC(COC3OC(CO)C(O)C(O)C3O)C(O)C(OC3OC(CO)C(O)C(O)C3O)C1O)C2O. The molecule has 0 amide bonds. The number of aliphatic hydroxyl groups is 12. The van der Waals surface area contributed by atoms with Gasteiger partial charge in [-0.15, -0.1) is 0 Å². The Kier molecular flexibility index (Phi) is 12.0. The third kappa shape index (κ3) is 7.30. The Morgan fingerprint density at radius 2 is 1.04 bits per heavy atom. The van der Waals surface area contributed by atoms with Gasteiger partial charge in [-0.3, -0.25) is 0 Å². The highest BCUT2D eigenvalue weighted by Gasteiger charge is 2.55. The summed E-state index contributed by atoms with van der Waals surface area (Å²) in [5.74, 6) is 0.201. The molecule has 0 radical (unpaired) electrons. The lowest BCUT2D eigenvalue weighted by atomic mass is 9.95. The van der Waals surface area contributed by atoms with E-state index in [0.29, 0.717) is 0 Å². The molecule has 0 saturated carbocycles. The number of fused-ring (bicyclic) bond motifs is 1. The van der Waals surface area contributed by atoms with E-state index in [2.05, 4.69) is 4.99 Å². The van der Waals surface area contributed by atoms with Gasteiger partial charge in [0, 0.05) is 6.92 Å². The molecule has 47 heavy (non-hydrogen) atoms.